The van der Waals surface area contributed by atoms with Gasteiger partial charge in [0, 0.05) is 6.54 Å². The highest BCUT2D eigenvalue weighted by molar-refractivity contribution is 5.99. The Morgan fingerprint density at radius 3 is 1.47 bits per heavy atom. The van der Waals surface area contributed by atoms with Crippen LogP contribution in [-0.4, -0.2) is 43.9 Å². The predicted molar refractivity (Wildman–Crippen MR) is 150 cm³/mol. The lowest BCUT2D eigenvalue weighted by molar-refractivity contribution is 0.0575. The highest BCUT2D eigenvalue weighted by Gasteiger charge is 2.34. The number of carbonyl (C=O) groups excluding carboxylic acids is 2. The fraction of sp³-hybridized carbons (Fsp3) is 0.613. The number of esters is 2. The second-order valence-corrected chi connectivity index (χ2v) is 9.64. The first-order valence-corrected chi connectivity index (χ1v) is 14.3. The molecule has 0 amide bonds. The SMILES string of the molecule is CCCCCCCCOc1c(OCCCCCCCC)c(C(=O)OC)n(Cc2ccccc2)c1C(=O)OC. The molecule has 0 aliphatic heterocycles. The van der Waals surface area contributed by atoms with Crippen molar-refractivity contribution in [3.05, 3.63) is 47.3 Å². The zero-order valence-corrected chi connectivity index (χ0v) is 23.9. The van der Waals surface area contributed by atoms with Crippen molar-refractivity contribution in [2.75, 3.05) is 27.4 Å². The van der Waals surface area contributed by atoms with Gasteiger partial charge in [-0.25, -0.2) is 9.59 Å². The zero-order chi connectivity index (χ0) is 27.6. The van der Waals surface area contributed by atoms with Gasteiger partial charge in [0.2, 0.25) is 0 Å². The maximum Gasteiger partial charge on any atom is 0.358 e. The Hall–Kier alpha value is -2.96. The maximum absolute atomic E-state index is 13.1. The summed E-state index contributed by atoms with van der Waals surface area (Å²) in [4.78, 5) is 26.1. The number of unbranched alkanes of at least 4 members (excludes halogenated alkanes) is 10. The molecule has 7 nitrogen and oxygen atoms in total. The standard InChI is InChI=1S/C31H47NO6/c1-5-7-9-11-13-18-22-37-28-26(30(33)35-3)32(24-25-20-16-15-17-21-25)27(31(34)36-4)29(28)38-23-19-14-12-10-8-6-2/h15-17,20-21H,5-14,18-19,22-24H2,1-4H3. The third-order valence-electron chi connectivity index (χ3n) is 6.61. The molecule has 0 aliphatic carbocycles. The minimum atomic E-state index is -0.585. The monoisotopic (exact) mass is 529 g/mol. The Balaban J connectivity index is 2.38. The fourth-order valence-electron chi connectivity index (χ4n) is 4.48. The van der Waals surface area contributed by atoms with E-state index in [1.807, 2.05) is 30.3 Å². The molecule has 2 aromatic rings. The fourth-order valence-corrected chi connectivity index (χ4v) is 4.48. The van der Waals surface area contributed by atoms with Crippen molar-refractivity contribution < 1.29 is 28.5 Å². The maximum atomic E-state index is 13.1. The van der Waals surface area contributed by atoms with Crippen LogP contribution in [0.15, 0.2) is 30.3 Å². The molecule has 0 atom stereocenters. The molecule has 0 bridgehead atoms. The molecular formula is C31H47NO6. The van der Waals surface area contributed by atoms with E-state index in [0.717, 1.165) is 44.1 Å². The van der Waals surface area contributed by atoms with Crippen molar-refractivity contribution in [1.82, 2.24) is 4.57 Å². The lowest BCUT2D eigenvalue weighted by Crippen LogP contribution is -2.18. The number of rotatable bonds is 20. The molecule has 0 radical (unpaired) electrons. The van der Waals surface area contributed by atoms with Gasteiger partial charge in [-0.3, -0.25) is 0 Å². The predicted octanol–water partition coefficient (Wildman–Crippen LogP) is 7.59. The number of nitrogens with zero attached hydrogens (tertiary/aromatic N) is 1. The zero-order valence-electron chi connectivity index (χ0n) is 23.9. The van der Waals surface area contributed by atoms with Crippen LogP contribution in [0.3, 0.4) is 0 Å². The number of hydrogen-bond donors (Lipinski definition) is 0. The van der Waals surface area contributed by atoms with Crippen LogP contribution in [0.1, 0.15) is 117 Å². The normalized spacial score (nSPS) is 10.8. The molecule has 0 unspecified atom stereocenters. The molecule has 0 fully saturated rings. The topological polar surface area (TPSA) is 76.0 Å². The van der Waals surface area contributed by atoms with E-state index in [4.69, 9.17) is 18.9 Å². The van der Waals surface area contributed by atoms with Gasteiger partial charge in [-0.1, -0.05) is 108 Å². The van der Waals surface area contributed by atoms with Crippen molar-refractivity contribution >= 4 is 11.9 Å². The average Bonchev–Trinajstić information content (AvgIpc) is 3.24. The molecule has 38 heavy (non-hydrogen) atoms. The van der Waals surface area contributed by atoms with Crippen LogP contribution in [0, 0.1) is 0 Å². The number of benzene rings is 1. The number of carbonyl (C=O) groups is 2. The van der Waals surface area contributed by atoms with E-state index in [1.54, 1.807) is 4.57 Å². The third kappa shape index (κ3) is 9.73. The number of hydrogen-bond acceptors (Lipinski definition) is 6. The molecule has 1 heterocycles. The molecule has 0 saturated carbocycles. The minimum absolute atomic E-state index is 0.167. The summed E-state index contributed by atoms with van der Waals surface area (Å²) in [7, 11) is 2.66. The summed E-state index contributed by atoms with van der Waals surface area (Å²) >= 11 is 0. The summed E-state index contributed by atoms with van der Waals surface area (Å²) in [5.74, 6) is -0.655. The Morgan fingerprint density at radius 1 is 0.632 bits per heavy atom. The lowest BCUT2D eigenvalue weighted by atomic mass is 10.1. The van der Waals surface area contributed by atoms with Crippen molar-refractivity contribution in [3.63, 3.8) is 0 Å². The Morgan fingerprint density at radius 2 is 1.05 bits per heavy atom. The number of ether oxygens (including phenoxy) is 4. The quantitative estimate of drug-likeness (QED) is 0.130. The van der Waals surface area contributed by atoms with Crippen LogP contribution in [0.5, 0.6) is 11.5 Å². The van der Waals surface area contributed by atoms with Crippen molar-refractivity contribution in [2.45, 2.75) is 97.4 Å². The van der Waals surface area contributed by atoms with Gasteiger partial charge in [0.1, 0.15) is 0 Å². The number of aromatic nitrogens is 1. The van der Waals surface area contributed by atoms with E-state index in [9.17, 15) is 9.59 Å². The van der Waals surface area contributed by atoms with Gasteiger partial charge in [0.25, 0.3) is 0 Å². The first kappa shape index (κ1) is 31.3. The van der Waals surface area contributed by atoms with E-state index in [2.05, 4.69) is 13.8 Å². The molecule has 2 rings (SSSR count). The molecular weight excluding hydrogens is 482 g/mol. The van der Waals surface area contributed by atoms with Gasteiger partial charge in [0.15, 0.2) is 22.9 Å². The summed E-state index contributed by atoms with van der Waals surface area (Å²) < 4.78 is 24.3. The molecule has 0 spiro atoms. The first-order chi connectivity index (χ1) is 18.6. The molecule has 7 heteroatoms. The molecule has 0 N–H and O–H groups in total. The van der Waals surface area contributed by atoms with Crippen LogP contribution in [0.4, 0.5) is 0 Å². The van der Waals surface area contributed by atoms with Crippen molar-refractivity contribution in [1.29, 1.82) is 0 Å². The molecule has 1 aromatic carbocycles. The van der Waals surface area contributed by atoms with Gasteiger partial charge in [0.05, 0.1) is 27.4 Å². The smallest absolute Gasteiger partial charge is 0.358 e. The van der Waals surface area contributed by atoms with Gasteiger partial charge in [-0.05, 0) is 18.4 Å². The third-order valence-corrected chi connectivity index (χ3v) is 6.61. The first-order valence-electron chi connectivity index (χ1n) is 14.3. The summed E-state index contributed by atoms with van der Waals surface area (Å²) in [5.41, 5.74) is 1.25. The van der Waals surface area contributed by atoms with E-state index in [1.165, 1.54) is 52.7 Å². The van der Waals surface area contributed by atoms with Crippen LogP contribution < -0.4 is 9.47 Å². The summed E-state index contributed by atoms with van der Waals surface area (Å²) in [6, 6.07) is 9.64. The highest BCUT2D eigenvalue weighted by Crippen LogP contribution is 2.40. The minimum Gasteiger partial charge on any atom is -0.487 e. The molecule has 1 aromatic heterocycles. The van der Waals surface area contributed by atoms with Crippen LogP contribution in [0.25, 0.3) is 0 Å². The van der Waals surface area contributed by atoms with Crippen molar-refractivity contribution in [2.24, 2.45) is 0 Å². The van der Waals surface area contributed by atoms with Crippen LogP contribution in [0.2, 0.25) is 0 Å². The second kappa shape index (κ2) is 18.3. The Bertz CT molecular complexity index is 898. The van der Waals surface area contributed by atoms with Crippen LogP contribution in [-0.2, 0) is 16.0 Å². The van der Waals surface area contributed by atoms with Gasteiger partial charge in [-0.15, -0.1) is 0 Å². The van der Waals surface area contributed by atoms with E-state index in [0.29, 0.717) is 13.2 Å². The van der Waals surface area contributed by atoms with Crippen molar-refractivity contribution in [3.8, 4) is 11.5 Å². The molecule has 0 saturated heterocycles. The summed E-state index contributed by atoms with van der Waals surface area (Å²) in [5, 5.41) is 0. The highest BCUT2D eigenvalue weighted by atomic mass is 16.5. The van der Waals surface area contributed by atoms with E-state index >= 15 is 0 Å². The summed E-state index contributed by atoms with van der Waals surface area (Å²) in [6.07, 6.45) is 13.3. The van der Waals surface area contributed by atoms with E-state index in [-0.39, 0.29) is 29.4 Å². The van der Waals surface area contributed by atoms with Gasteiger partial charge in [-0.2, -0.15) is 0 Å². The Labute approximate surface area is 228 Å². The lowest BCUT2D eigenvalue weighted by Gasteiger charge is -2.12. The Kier molecular flexibility index (Phi) is 15.1. The molecule has 212 valence electrons. The molecule has 0 aliphatic rings. The largest absolute Gasteiger partial charge is 0.487 e. The average molecular weight is 530 g/mol. The van der Waals surface area contributed by atoms with Gasteiger partial charge >= 0.3 is 11.9 Å². The van der Waals surface area contributed by atoms with E-state index < -0.39 is 11.9 Å². The second-order valence-electron chi connectivity index (χ2n) is 9.64. The van der Waals surface area contributed by atoms with Gasteiger partial charge < -0.3 is 23.5 Å². The van der Waals surface area contributed by atoms with Crippen LogP contribution >= 0.6 is 0 Å². The number of methoxy groups -OCH3 is 2. The summed E-state index contributed by atoms with van der Waals surface area (Å²) in [6.45, 7) is 5.49.